The Morgan fingerprint density at radius 1 is 1.35 bits per heavy atom. The molecule has 3 nitrogen and oxygen atoms in total. The molecule has 0 heterocycles. The molecule has 2 unspecified atom stereocenters. The van der Waals surface area contributed by atoms with E-state index in [1.807, 2.05) is 0 Å². The smallest absolute Gasteiger partial charge is 0.252 e. The normalized spacial score (nSPS) is 22.6. The van der Waals surface area contributed by atoms with Gasteiger partial charge in [-0.25, -0.2) is 0 Å². The third-order valence-corrected chi connectivity index (χ3v) is 4.63. The van der Waals surface area contributed by atoms with Crippen LogP contribution in [0.2, 0.25) is 5.02 Å². The van der Waals surface area contributed by atoms with Gasteiger partial charge in [-0.05, 0) is 42.9 Å². The third-order valence-electron chi connectivity index (χ3n) is 4.02. The highest BCUT2D eigenvalue weighted by molar-refractivity contribution is 7.80. The Labute approximate surface area is 130 Å². The number of carbonyl (C=O) groups is 1. The second kappa shape index (κ2) is 7.34. The quantitative estimate of drug-likeness (QED) is 0.748. The first-order chi connectivity index (χ1) is 9.61. The predicted molar refractivity (Wildman–Crippen MR) is 83.6 cm³/mol. The number of aliphatic hydroxyl groups is 1. The molecule has 0 saturated heterocycles. The first-order valence-corrected chi connectivity index (χ1v) is 7.82. The zero-order chi connectivity index (χ0) is 14.5. The van der Waals surface area contributed by atoms with Crippen LogP contribution in [-0.2, 0) is 0 Å². The van der Waals surface area contributed by atoms with Crippen molar-refractivity contribution in [2.45, 2.75) is 30.6 Å². The molecule has 0 radical (unpaired) electrons. The van der Waals surface area contributed by atoms with E-state index >= 15 is 0 Å². The van der Waals surface area contributed by atoms with Crippen molar-refractivity contribution < 1.29 is 9.90 Å². The number of benzene rings is 1. The molecule has 20 heavy (non-hydrogen) atoms. The van der Waals surface area contributed by atoms with Crippen molar-refractivity contribution in [3.8, 4) is 0 Å². The number of carbonyl (C=O) groups excluding carboxylic acids is 1. The fraction of sp³-hybridized carbons (Fsp3) is 0.533. The second-order valence-electron chi connectivity index (χ2n) is 5.36. The molecule has 1 saturated carbocycles. The van der Waals surface area contributed by atoms with Crippen molar-refractivity contribution >= 4 is 30.1 Å². The molecule has 2 rings (SSSR count). The average Bonchev–Trinajstić information content (AvgIpc) is 2.47. The topological polar surface area (TPSA) is 49.3 Å². The van der Waals surface area contributed by atoms with Crippen LogP contribution in [0, 0.1) is 11.8 Å². The van der Waals surface area contributed by atoms with E-state index in [-0.39, 0.29) is 12.5 Å². The average molecular weight is 314 g/mol. The molecule has 0 aliphatic heterocycles. The van der Waals surface area contributed by atoms with E-state index < -0.39 is 0 Å². The van der Waals surface area contributed by atoms with E-state index in [0.717, 1.165) is 12.8 Å². The summed E-state index contributed by atoms with van der Waals surface area (Å²) in [4.78, 5) is 12.9. The van der Waals surface area contributed by atoms with E-state index in [4.69, 9.17) is 11.6 Å². The van der Waals surface area contributed by atoms with Crippen LogP contribution in [0.1, 0.15) is 36.0 Å². The fourth-order valence-corrected chi connectivity index (χ4v) is 3.21. The molecule has 5 heteroatoms. The molecule has 1 aliphatic rings. The Morgan fingerprint density at radius 3 is 2.75 bits per heavy atom. The van der Waals surface area contributed by atoms with Crippen molar-refractivity contribution in [1.82, 2.24) is 5.32 Å². The van der Waals surface area contributed by atoms with Crippen LogP contribution in [0.4, 0.5) is 0 Å². The first kappa shape index (κ1) is 15.7. The molecule has 0 spiro atoms. The van der Waals surface area contributed by atoms with Gasteiger partial charge in [-0.15, -0.1) is 12.6 Å². The third kappa shape index (κ3) is 3.90. The summed E-state index contributed by atoms with van der Waals surface area (Å²) in [5, 5.41) is 12.7. The summed E-state index contributed by atoms with van der Waals surface area (Å²) in [5.41, 5.74) is 0.454. The van der Waals surface area contributed by atoms with E-state index in [1.165, 1.54) is 12.8 Å². The highest BCUT2D eigenvalue weighted by Gasteiger charge is 2.25. The lowest BCUT2D eigenvalue weighted by Gasteiger charge is -2.30. The van der Waals surface area contributed by atoms with Crippen molar-refractivity contribution in [1.29, 1.82) is 0 Å². The maximum atomic E-state index is 12.2. The maximum Gasteiger partial charge on any atom is 0.252 e. The maximum absolute atomic E-state index is 12.2. The zero-order valence-electron chi connectivity index (χ0n) is 11.3. The van der Waals surface area contributed by atoms with Crippen LogP contribution < -0.4 is 5.32 Å². The minimum Gasteiger partial charge on any atom is -0.396 e. The number of hydrogen-bond acceptors (Lipinski definition) is 3. The van der Waals surface area contributed by atoms with Gasteiger partial charge in [0, 0.05) is 18.0 Å². The number of nitrogens with one attached hydrogen (secondary N) is 1. The second-order valence-corrected chi connectivity index (χ2v) is 6.28. The summed E-state index contributed by atoms with van der Waals surface area (Å²) in [6.07, 6.45) is 4.45. The van der Waals surface area contributed by atoms with Crippen LogP contribution >= 0.6 is 24.2 Å². The molecule has 1 aromatic rings. The van der Waals surface area contributed by atoms with Gasteiger partial charge >= 0.3 is 0 Å². The van der Waals surface area contributed by atoms with Gasteiger partial charge in [0.25, 0.3) is 5.91 Å². The van der Waals surface area contributed by atoms with Gasteiger partial charge in [-0.3, -0.25) is 4.79 Å². The SMILES string of the molecule is O=C(NCC1CCCCC1CO)c1cc(S)ccc1Cl. The predicted octanol–water partition coefficient (Wildman–Crippen LogP) is 3.16. The van der Waals surface area contributed by atoms with Crippen molar-refractivity contribution in [2.75, 3.05) is 13.2 Å². The van der Waals surface area contributed by atoms with Crippen molar-refractivity contribution in [3.05, 3.63) is 28.8 Å². The zero-order valence-corrected chi connectivity index (χ0v) is 13.0. The van der Waals surface area contributed by atoms with Gasteiger partial charge in [-0.2, -0.15) is 0 Å². The Balaban J connectivity index is 1.96. The van der Waals surface area contributed by atoms with Crippen LogP contribution in [0.25, 0.3) is 0 Å². The lowest BCUT2D eigenvalue weighted by atomic mass is 9.79. The van der Waals surface area contributed by atoms with Gasteiger partial charge in [-0.1, -0.05) is 24.4 Å². The largest absolute Gasteiger partial charge is 0.396 e. The first-order valence-electron chi connectivity index (χ1n) is 6.99. The molecule has 1 aromatic carbocycles. The van der Waals surface area contributed by atoms with Crippen LogP contribution in [0.5, 0.6) is 0 Å². The molecule has 2 atom stereocenters. The Hall–Kier alpha value is -0.710. The highest BCUT2D eigenvalue weighted by atomic mass is 35.5. The van der Waals surface area contributed by atoms with Gasteiger partial charge < -0.3 is 10.4 Å². The molecule has 1 amide bonds. The molecular weight excluding hydrogens is 294 g/mol. The van der Waals surface area contributed by atoms with Gasteiger partial charge in [0.05, 0.1) is 10.6 Å². The fourth-order valence-electron chi connectivity index (χ4n) is 2.80. The van der Waals surface area contributed by atoms with Gasteiger partial charge in [0.15, 0.2) is 0 Å². The highest BCUT2D eigenvalue weighted by Crippen LogP contribution is 2.29. The lowest BCUT2D eigenvalue weighted by Crippen LogP contribution is -2.35. The molecule has 0 bridgehead atoms. The standard InChI is InChI=1S/C15H20ClNO2S/c16-14-6-5-12(20)7-13(14)15(19)17-8-10-3-1-2-4-11(10)9-18/h5-7,10-11,18,20H,1-4,8-9H2,(H,17,19). The van der Waals surface area contributed by atoms with Gasteiger partial charge in [0.1, 0.15) is 0 Å². The summed E-state index contributed by atoms with van der Waals surface area (Å²) in [6, 6.07) is 5.10. The monoisotopic (exact) mass is 313 g/mol. The van der Waals surface area contributed by atoms with Gasteiger partial charge in [0.2, 0.25) is 0 Å². The van der Waals surface area contributed by atoms with E-state index in [1.54, 1.807) is 18.2 Å². The lowest BCUT2D eigenvalue weighted by molar-refractivity contribution is 0.0909. The van der Waals surface area contributed by atoms with E-state index in [0.29, 0.717) is 33.9 Å². The molecule has 1 fully saturated rings. The molecule has 0 aromatic heterocycles. The molecule has 1 aliphatic carbocycles. The number of thiol groups is 1. The van der Waals surface area contributed by atoms with Crippen molar-refractivity contribution in [3.63, 3.8) is 0 Å². The summed E-state index contributed by atoms with van der Waals surface area (Å²) in [6.45, 7) is 0.796. The minimum absolute atomic E-state index is 0.173. The summed E-state index contributed by atoms with van der Waals surface area (Å²) >= 11 is 10.3. The number of rotatable bonds is 4. The van der Waals surface area contributed by atoms with Crippen LogP contribution in [0.3, 0.4) is 0 Å². The molecule has 2 N–H and O–H groups in total. The number of aliphatic hydroxyl groups excluding tert-OH is 1. The Bertz CT molecular complexity index is 481. The minimum atomic E-state index is -0.173. The summed E-state index contributed by atoms with van der Waals surface area (Å²) in [7, 11) is 0. The van der Waals surface area contributed by atoms with Crippen molar-refractivity contribution in [2.24, 2.45) is 11.8 Å². The number of amides is 1. The van der Waals surface area contributed by atoms with E-state index in [2.05, 4.69) is 17.9 Å². The Kier molecular flexibility index (Phi) is 5.75. The van der Waals surface area contributed by atoms with E-state index in [9.17, 15) is 9.90 Å². The molecule has 110 valence electrons. The summed E-state index contributed by atoms with van der Waals surface area (Å²) in [5.74, 6) is 0.486. The summed E-state index contributed by atoms with van der Waals surface area (Å²) < 4.78 is 0. The Morgan fingerprint density at radius 2 is 2.05 bits per heavy atom. The van der Waals surface area contributed by atoms with Crippen LogP contribution in [0.15, 0.2) is 23.1 Å². The van der Waals surface area contributed by atoms with Crippen LogP contribution in [-0.4, -0.2) is 24.2 Å². The number of hydrogen-bond donors (Lipinski definition) is 3. The number of halogens is 1. The molecular formula is C15H20ClNO2S.